The normalized spacial score (nSPS) is 10.2. The van der Waals surface area contributed by atoms with E-state index in [2.05, 4.69) is 33.0 Å². The zero-order valence-corrected chi connectivity index (χ0v) is 11.3. The van der Waals surface area contributed by atoms with E-state index in [0.29, 0.717) is 0 Å². The highest BCUT2D eigenvalue weighted by Crippen LogP contribution is 2.24. The van der Waals surface area contributed by atoms with Gasteiger partial charge in [-0.3, -0.25) is 0 Å². The first-order valence-electron chi connectivity index (χ1n) is 5.47. The lowest BCUT2D eigenvalue weighted by atomic mass is 10.2. The van der Waals surface area contributed by atoms with Gasteiger partial charge in [-0.2, -0.15) is 0 Å². The van der Waals surface area contributed by atoms with Crippen LogP contribution in [0.15, 0.2) is 53.0 Å². The van der Waals surface area contributed by atoms with Crippen molar-refractivity contribution in [1.82, 2.24) is 0 Å². The van der Waals surface area contributed by atoms with Crippen LogP contribution in [-0.4, -0.2) is 7.05 Å². The topological polar surface area (TPSA) is 29.3 Å². The van der Waals surface area contributed by atoms with E-state index in [-0.39, 0.29) is 0 Å². The van der Waals surface area contributed by atoms with Crippen molar-refractivity contribution in [1.29, 1.82) is 0 Å². The van der Waals surface area contributed by atoms with Gasteiger partial charge in [0.25, 0.3) is 0 Å². The smallest absolute Gasteiger partial charge is 0.0600 e. The molecule has 0 aliphatic carbocycles. The van der Waals surface area contributed by atoms with Gasteiger partial charge < -0.3 is 10.6 Å². The first kappa shape index (κ1) is 12.0. The molecule has 0 unspecified atom stereocenters. The Kier molecular flexibility index (Phi) is 3.69. The third kappa shape index (κ3) is 2.80. The second kappa shape index (κ2) is 5.23. The van der Waals surface area contributed by atoms with Gasteiger partial charge in [-0.25, -0.2) is 0 Å². The van der Waals surface area contributed by atoms with Gasteiger partial charge in [0.1, 0.15) is 0 Å². The molecule has 0 saturated heterocycles. The molecule has 0 aromatic heterocycles. The van der Waals surface area contributed by atoms with E-state index in [1.165, 1.54) is 5.56 Å². The molecular formula is C14H15BrN2. The molecule has 0 fully saturated rings. The van der Waals surface area contributed by atoms with Crippen molar-refractivity contribution >= 4 is 27.3 Å². The molecule has 88 valence electrons. The molecule has 0 atom stereocenters. The lowest BCUT2D eigenvalue weighted by Gasteiger charge is -2.21. The Labute approximate surface area is 110 Å². The molecule has 0 radical (unpaired) electrons. The first-order chi connectivity index (χ1) is 8.18. The van der Waals surface area contributed by atoms with Gasteiger partial charge >= 0.3 is 0 Å². The van der Waals surface area contributed by atoms with Crippen LogP contribution in [-0.2, 0) is 6.54 Å². The molecule has 2 rings (SSSR count). The summed E-state index contributed by atoms with van der Waals surface area (Å²) in [6.07, 6.45) is 0. The molecule has 0 heterocycles. The van der Waals surface area contributed by atoms with E-state index in [0.717, 1.165) is 22.4 Å². The minimum atomic E-state index is 0.807. The van der Waals surface area contributed by atoms with E-state index < -0.39 is 0 Å². The number of para-hydroxylation sites is 2. The van der Waals surface area contributed by atoms with E-state index in [1.807, 2.05) is 43.4 Å². The number of nitrogens with zero attached hydrogens (tertiary/aromatic N) is 1. The SMILES string of the molecule is CN(Cc1ccccc1Br)c1ccccc1N. The Balaban J connectivity index is 2.20. The summed E-state index contributed by atoms with van der Waals surface area (Å²) in [5, 5.41) is 0. The average molecular weight is 291 g/mol. The predicted molar refractivity (Wildman–Crippen MR) is 77.1 cm³/mol. The monoisotopic (exact) mass is 290 g/mol. The van der Waals surface area contributed by atoms with E-state index in [9.17, 15) is 0 Å². The summed E-state index contributed by atoms with van der Waals surface area (Å²) in [5.41, 5.74) is 9.07. The van der Waals surface area contributed by atoms with Crippen LogP contribution in [0.3, 0.4) is 0 Å². The minimum absolute atomic E-state index is 0.807. The molecule has 2 N–H and O–H groups in total. The van der Waals surface area contributed by atoms with Crippen LogP contribution in [0.25, 0.3) is 0 Å². The third-order valence-corrected chi connectivity index (χ3v) is 3.49. The van der Waals surface area contributed by atoms with Crippen LogP contribution < -0.4 is 10.6 Å². The molecule has 0 spiro atoms. The fraction of sp³-hybridized carbons (Fsp3) is 0.143. The lowest BCUT2D eigenvalue weighted by molar-refractivity contribution is 0.920. The number of rotatable bonds is 3. The van der Waals surface area contributed by atoms with Crippen molar-refractivity contribution in [2.24, 2.45) is 0 Å². The zero-order valence-electron chi connectivity index (χ0n) is 9.73. The van der Waals surface area contributed by atoms with Crippen LogP contribution >= 0.6 is 15.9 Å². The Hall–Kier alpha value is -1.48. The molecule has 0 aliphatic rings. The molecule has 3 heteroatoms. The van der Waals surface area contributed by atoms with Crippen molar-refractivity contribution in [3.05, 3.63) is 58.6 Å². The second-order valence-electron chi connectivity index (χ2n) is 4.01. The lowest BCUT2D eigenvalue weighted by Crippen LogP contribution is -2.17. The predicted octanol–water partition coefficient (Wildman–Crippen LogP) is 3.67. The standard InChI is InChI=1S/C14H15BrN2/c1-17(14-9-5-4-8-13(14)16)10-11-6-2-3-7-12(11)15/h2-9H,10,16H2,1H3. The quantitative estimate of drug-likeness (QED) is 0.874. The average Bonchev–Trinajstić information content (AvgIpc) is 2.32. The summed E-state index contributed by atoms with van der Waals surface area (Å²) in [6, 6.07) is 16.1. The van der Waals surface area contributed by atoms with Crippen LogP contribution in [0.1, 0.15) is 5.56 Å². The van der Waals surface area contributed by atoms with Crippen molar-refractivity contribution in [3.63, 3.8) is 0 Å². The number of nitrogen functional groups attached to an aromatic ring is 1. The largest absolute Gasteiger partial charge is 0.397 e. The maximum Gasteiger partial charge on any atom is 0.0600 e. The van der Waals surface area contributed by atoms with Crippen LogP contribution in [0.5, 0.6) is 0 Å². The fourth-order valence-corrected chi connectivity index (χ4v) is 2.21. The Morgan fingerprint density at radius 3 is 2.41 bits per heavy atom. The van der Waals surface area contributed by atoms with E-state index in [1.54, 1.807) is 0 Å². The summed E-state index contributed by atoms with van der Waals surface area (Å²) < 4.78 is 1.13. The molecule has 2 nitrogen and oxygen atoms in total. The summed E-state index contributed by atoms with van der Waals surface area (Å²) in [4.78, 5) is 2.15. The Bertz CT molecular complexity index is 511. The minimum Gasteiger partial charge on any atom is -0.397 e. The summed E-state index contributed by atoms with van der Waals surface area (Å²) in [7, 11) is 2.05. The fourth-order valence-electron chi connectivity index (χ4n) is 1.80. The number of hydrogen-bond donors (Lipinski definition) is 1. The summed E-state index contributed by atoms with van der Waals surface area (Å²) in [6.45, 7) is 0.829. The number of hydrogen-bond acceptors (Lipinski definition) is 2. The van der Waals surface area contributed by atoms with Gasteiger partial charge in [-0.1, -0.05) is 46.3 Å². The number of benzene rings is 2. The van der Waals surface area contributed by atoms with Gasteiger partial charge in [0, 0.05) is 18.1 Å². The van der Waals surface area contributed by atoms with Gasteiger partial charge in [-0.15, -0.1) is 0 Å². The van der Waals surface area contributed by atoms with Crippen molar-refractivity contribution in [3.8, 4) is 0 Å². The maximum absolute atomic E-state index is 5.96. The van der Waals surface area contributed by atoms with Gasteiger partial charge in [-0.05, 0) is 23.8 Å². The number of halogens is 1. The molecular weight excluding hydrogens is 276 g/mol. The van der Waals surface area contributed by atoms with Crippen molar-refractivity contribution in [2.45, 2.75) is 6.54 Å². The highest BCUT2D eigenvalue weighted by atomic mass is 79.9. The molecule has 0 bridgehead atoms. The summed E-state index contributed by atoms with van der Waals surface area (Å²) >= 11 is 3.56. The maximum atomic E-state index is 5.96. The zero-order chi connectivity index (χ0) is 12.3. The molecule has 17 heavy (non-hydrogen) atoms. The molecule has 2 aromatic carbocycles. The highest BCUT2D eigenvalue weighted by molar-refractivity contribution is 9.10. The molecule has 2 aromatic rings. The van der Waals surface area contributed by atoms with E-state index in [4.69, 9.17) is 5.73 Å². The Morgan fingerprint density at radius 1 is 1.06 bits per heavy atom. The van der Waals surface area contributed by atoms with Crippen LogP contribution in [0.2, 0.25) is 0 Å². The summed E-state index contributed by atoms with van der Waals surface area (Å²) in [5.74, 6) is 0. The Morgan fingerprint density at radius 2 is 1.71 bits per heavy atom. The van der Waals surface area contributed by atoms with E-state index >= 15 is 0 Å². The number of anilines is 2. The highest BCUT2D eigenvalue weighted by Gasteiger charge is 2.06. The first-order valence-corrected chi connectivity index (χ1v) is 6.27. The van der Waals surface area contributed by atoms with Gasteiger partial charge in [0.05, 0.1) is 11.4 Å². The van der Waals surface area contributed by atoms with Gasteiger partial charge in [0.2, 0.25) is 0 Å². The number of nitrogens with two attached hydrogens (primary N) is 1. The molecule has 0 aliphatic heterocycles. The van der Waals surface area contributed by atoms with Crippen molar-refractivity contribution in [2.75, 3.05) is 17.7 Å². The molecule has 0 saturated carbocycles. The third-order valence-electron chi connectivity index (χ3n) is 2.71. The second-order valence-corrected chi connectivity index (χ2v) is 4.86. The van der Waals surface area contributed by atoms with Crippen molar-refractivity contribution < 1.29 is 0 Å². The van der Waals surface area contributed by atoms with Crippen LogP contribution in [0.4, 0.5) is 11.4 Å². The van der Waals surface area contributed by atoms with Gasteiger partial charge in [0.15, 0.2) is 0 Å². The molecule has 0 amide bonds. The van der Waals surface area contributed by atoms with Crippen LogP contribution in [0, 0.1) is 0 Å².